The summed E-state index contributed by atoms with van der Waals surface area (Å²) < 4.78 is 34.1. The van der Waals surface area contributed by atoms with Crippen molar-refractivity contribution >= 4 is 38.6 Å². The zero-order chi connectivity index (χ0) is 23.1. The van der Waals surface area contributed by atoms with Gasteiger partial charge in [0.15, 0.2) is 0 Å². The summed E-state index contributed by atoms with van der Waals surface area (Å²) in [7, 11) is 0. The standard InChI is InChI=1S/C26H22BrF2N3O/c1-15(2)16-7-9-17(10-8-16)21-14-23(19-13-18(27)11-12-24(19)33-25(28)29)32-22-6-4-3-5-20(22)30-26(32)31-21/h3-15,23,25H,1-2H3,(H,30,31)/t23-/m0/s1. The van der Waals surface area contributed by atoms with Crippen molar-refractivity contribution in [3.8, 4) is 5.75 Å². The molecule has 4 aromatic rings. The molecule has 1 aliphatic rings. The molecule has 0 radical (unpaired) electrons. The minimum absolute atomic E-state index is 0.134. The van der Waals surface area contributed by atoms with Crippen LogP contribution in [0.1, 0.15) is 42.5 Å². The molecule has 1 aliphatic heterocycles. The Hall–Kier alpha value is -3.19. The second-order valence-corrected chi connectivity index (χ2v) is 9.20. The number of aromatic nitrogens is 2. The van der Waals surface area contributed by atoms with Crippen LogP contribution in [0, 0.1) is 0 Å². The molecule has 0 aliphatic carbocycles. The van der Waals surface area contributed by atoms with Gasteiger partial charge in [0, 0.05) is 15.7 Å². The Morgan fingerprint density at radius 1 is 1.03 bits per heavy atom. The third-order valence-corrected chi connectivity index (χ3v) is 6.33. The smallest absolute Gasteiger partial charge is 0.387 e. The number of anilines is 1. The van der Waals surface area contributed by atoms with Gasteiger partial charge in [-0.25, -0.2) is 4.98 Å². The van der Waals surface area contributed by atoms with E-state index in [1.807, 2.05) is 41.0 Å². The van der Waals surface area contributed by atoms with Gasteiger partial charge in [0.05, 0.1) is 17.1 Å². The average Bonchev–Trinajstić information content (AvgIpc) is 3.18. The van der Waals surface area contributed by atoms with Crippen LogP contribution in [-0.2, 0) is 0 Å². The van der Waals surface area contributed by atoms with Crippen molar-refractivity contribution in [2.45, 2.75) is 32.4 Å². The molecule has 0 fully saturated rings. The highest BCUT2D eigenvalue weighted by Crippen LogP contribution is 2.41. The minimum atomic E-state index is -2.92. The number of nitrogens with zero attached hydrogens (tertiary/aromatic N) is 2. The average molecular weight is 510 g/mol. The molecule has 0 spiro atoms. The van der Waals surface area contributed by atoms with Gasteiger partial charge in [-0.05, 0) is 53.5 Å². The molecule has 168 valence electrons. The molecule has 4 nitrogen and oxygen atoms in total. The van der Waals surface area contributed by atoms with Crippen molar-refractivity contribution in [1.82, 2.24) is 9.55 Å². The highest BCUT2D eigenvalue weighted by Gasteiger charge is 2.28. The number of ether oxygens (including phenoxy) is 1. The number of rotatable bonds is 5. The van der Waals surface area contributed by atoms with E-state index < -0.39 is 12.7 Å². The maximum absolute atomic E-state index is 13.2. The molecule has 0 saturated heterocycles. The van der Waals surface area contributed by atoms with Gasteiger partial charge in [-0.3, -0.25) is 4.57 Å². The van der Waals surface area contributed by atoms with E-state index in [1.165, 1.54) is 5.56 Å². The van der Waals surface area contributed by atoms with E-state index >= 15 is 0 Å². The normalized spacial score (nSPS) is 15.5. The van der Waals surface area contributed by atoms with E-state index in [0.717, 1.165) is 26.8 Å². The van der Waals surface area contributed by atoms with Gasteiger partial charge < -0.3 is 10.1 Å². The first kappa shape index (κ1) is 21.6. The number of hydrogen-bond acceptors (Lipinski definition) is 3. The van der Waals surface area contributed by atoms with Crippen LogP contribution in [0.5, 0.6) is 5.75 Å². The molecule has 1 aromatic heterocycles. The van der Waals surface area contributed by atoms with Crippen molar-refractivity contribution in [2.75, 3.05) is 5.32 Å². The largest absolute Gasteiger partial charge is 0.434 e. The summed E-state index contributed by atoms with van der Waals surface area (Å²) in [6.07, 6.45) is 2.03. The third-order valence-electron chi connectivity index (χ3n) is 5.84. The molecule has 3 aromatic carbocycles. The molecule has 0 unspecified atom stereocenters. The van der Waals surface area contributed by atoms with E-state index in [9.17, 15) is 8.78 Å². The van der Waals surface area contributed by atoms with E-state index in [4.69, 9.17) is 9.72 Å². The van der Waals surface area contributed by atoms with Crippen molar-refractivity contribution < 1.29 is 13.5 Å². The maximum atomic E-state index is 13.2. The molecule has 1 atom stereocenters. The number of para-hydroxylation sites is 2. The summed E-state index contributed by atoms with van der Waals surface area (Å²) in [5.74, 6) is 1.21. The summed E-state index contributed by atoms with van der Waals surface area (Å²) in [5, 5.41) is 3.44. The summed E-state index contributed by atoms with van der Waals surface area (Å²) >= 11 is 3.49. The second-order valence-electron chi connectivity index (χ2n) is 8.28. The predicted octanol–water partition coefficient (Wildman–Crippen LogP) is 7.58. The number of alkyl halides is 2. The zero-order valence-electron chi connectivity index (χ0n) is 18.1. The fourth-order valence-corrected chi connectivity index (χ4v) is 4.59. The van der Waals surface area contributed by atoms with E-state index in [0.29, 0.717) is 17.4 Å². The summed E-state index contributed by atoms with van der Waals surface area (Å²) in [5.41, 5.74) is 5.44. The fourth-order valence-electron chi connectivity index (χ4n) is 4.21. The lowest BCUT2D eigenvalue weighted by Crippen LogP contribution is -2.20. The summed E-state index contributed by atoms with van der Waals surface area (Å²) in [6, 6.07) is 20.8. The molecular formula is C26H22BrF2N3O. The van der Waals surface area contributed by atoms with Crippen LogP contribution in [0.25, 0.3) is 16.7 Å². The highest BCUT2D eigenvalue weighted by molar-refractivity contribution is 9.10. The Morgan fingerprint density at radius 3 is 2.52 bits per heavy atom. The quantitative estimate of drug-likeness (QED) is 0.301. The zero-order valence-corrected chi connectivity index (χ0v) is 19.7. The molecule has 0 saturated carbocycles. The van der Waals surface area contributed by atoms with Crippen molar-refractivity contribution in [2.24, 2.45) is 0 Å². The van der Waals surface area contributed by atoms with E-state index in [1.54, 1.807) is 12.1 Å². The number of allylic oxidation sites excluding steroid dienone is 1. The monoisotopic (exact) mass is 509 g/mol. The Kier molecular flexibility index (Phi) is 5.66. The van der Waals surface area contributed by atoms with Gasteiger partial charge in [-0.2, -0.15) is 8.78 Å². The number of fused-ring (bicyclic) bond motifs is 3. The van der Waals surface area contributed by atoms with Gasteiger partial charge in [-0.1, -0.05) is 66.2 Å². The van der Waals surface area contributed by atoms with Crippen LogP contribution in [0.4, 0.5) is 14.7 Å². The van der Waals surface area contributed by atoms with E-state index in [-0.39, 0.29) is 5.75 Å². The maximum Gasteiger partial charge on any atom is 0.387 e. The highest BCUT2D eigenvalue weighted by atomic mass is 79.9. The molecule has 33 heavy (non-hydrogen) atoms. The number of halogens is 3. The van der Waals surface area contributed by atoms with Crippen LogP contribution in [0.2, 0.25) is 0 Å². The lowest BCUT2D eigenvalue weighted by Gasteiger charge is -2.28. The number of nitrogens with one attached hydrogen (secondary N) is 1. The molecule has 7 heteroatoms. The lowest BCUT2D eigenvalue weighted by molar-refractivity contribution is -0.0505. The number of imidazole rings is 1. The van der Waals surface area contributed by atoms with E-state index in [2.05, 4.69) is 59.4 Å². The van der Waals surface area contributed by atoms with Crippen molar-refractivity contribution in [3.05, 3.63) is 94.0 Å². The Morgan fingerprint density at radius 2 is 1.79 bits per heavy atom. The minimum Gasteiger partial charge on any atom is -0.434 e. The first-order valence-corrected chi connectivity index (χ1v) is 11.5. The molecular weight excluding hydrogens is 488 g/mol. The van der Waals surface area contributed by atoms with Crippen molar-refractivity contribution in [1.29, 1.82) is 0 Å². The van der Waals surface area contributed by atoms with Crippen LogP contribution in [0.3, 0.4) is 0 Å². The van der Waals surface area contributed by atoms with Gasteiger partial charge in [0.1, 0.15) is 5.75 Å². The number of benzene rings is 3. The first-order chi connectivity index (χ1) is 15.9. The summed E-state index contributed by atoms with van der Waals surface area (Å²) in [4.78, 5) is 4.77. The summed E-state index contributed by atoms with van der Waals surface area (Å²) in [6.45, 7) is 1.39. The predicted molar refractivity (Wildman–Crippen MR) is 131 cm³/mol. The van der Waals surface area contributed by atoms with Gasteiger partial charge in [-0.15, -0.1) is 0 Å². The molecule has 5 rings (SSSR count). The topological polar surface area (TPSA) is 39.1 Å². The van der Waals surface area contributed by atoms with Gasteiger partial charge in [0.25, 0.3) is 0 Å². The Balaban J connectivity index is 1.70. The van der Waals surface area contributed by atoms with Crippen LogP contribution < -0.4 is 10.1 Å². The first-order valence-electron chi connectivity index (χ1n) is 10.7. The van der Waals surface area contributed by atoms with Gasteiger partial charge in [0.2, 0.25) is 5.95 Å². The van der Waals surface area contributed by atoms with Crippen LogP contribution in [-0.4, -0.2) is 16.2 Å². The van der Waals surface area contributed by atoms with Gasteiger partial charge >= 0.3 is 6.61 Å². The van der Waals surface area contributed by atoms with Crippen molar-refractivity contribution in [3.63, 3.8) is 0 Å². The Bertz CT molecular complexity index is 1350. The lowest BCUT2D eigenvalue weighted by atomic mass is 9.97. The SMILES string of the molecule is CC(C)c1ccc(C2=C[C@@H](c3cc(Br)ccc3OC(F)F)n3c(nc4ccccc43)N2)cc1. The molecule has 1 N–H and O–H groups in total. The van der Waals surface area contributed by atoms with Crippen LogP contribution in [0.15, 0.2) is 77.3 Å². The molecule has 2 heterocycles. The Labute approximate surface area is 199 Å². The third kappa shape index (κ3) is 4.13. The van der Waals surface area contributed by atoms with Crippen LogP contribution >= 0.6 is 15.9 Å². The molecule has 0 bridgehead atoms. The second kappa shape index (κ2) is 8.63. The molecule has 0 amide bonds. The fraction of sp³-hybridized carbons (Fsp3) is 0.192. The number of hydrogen-bond donors (Lipinski definition) is 1.